The lowest BCUT2D eigenvalue weighted by Gasteiger charge is -2.36. The molecule has 12 nitrogen and oxygen atoms in total. The van der Waals surface area contributed by atoms with Gasteiger partial charge in [-0.2, -0.15) is 0 Å². The van der Waals surface area contributed by atoms with E-state index in [9.17, 15) is 28.8 Å². The fourth-order valence-corrected chi connectivity index (χ4v) is 5.52. The van der Waals surface area contributed by atoms with Crippen molar-refractivity contribution < 1.29 is 33.5 Å². The number of carbonyl (C=O) groups is 6. The molecule has 2 aliphatic carbocycles. The van der Waals surface area contributed by atoms with Crippen molar-refractivity contribution in [3.63, 3.8) is 0 Å². The van der Waals surface area contributed by atoms with Crippen molar-refractivity contribution >= 4 is 35.5 Å². The monoisotopic (exact) mass is 619 g/mol. The average Bonchev–Trinajstić information content (AvgIpc) is 3.84. The minimum atomic E-state index is -1.11. The third kappa shape index (κ3) is 9.41. The van der Waals surface area contributed by atoms with Gasteiger partial charge in [0, 0.05) is 12.0 Å². The van der Waals surface area contributed by atoms with E-state index in [0.717, 1.165) is 25.7 Å². The van der Waals surface area contributed by atoms with Crippen molar-refractivity contribution in [3.8, 4) is 0 Å². The van der Waals surface area contributed by atoms with Gasteiger partial charge in [0.2, 0.25) is 17.6 Å². The molecule has 5 N–H and O–H groups in total. The van der Waals surface area contributed by atoms with Crippen molar-refractivity contribution in [2.24, 2.45) is 40.2 Å². The molecule has 0 radical (unpaired) electrons. The summed E-state index contributed by atoms with van der Waals surface area (Å²) < 4.78 is 5.51. The maximum Gasteiger partial charge on any atom is 0.328 e. The summed E-state index contributed by atoms with van der Waals surface area (Å²) in [5.74, 6) is -3.29. The maximum atomic E-state index is 14.2. The first-order chi connectivity index (χ1) is 20.3. The number of nitrogens with two attached hydrogens (primary N) is 1. The largest absolute Gasteiger partial charge is 0.464 e. The molecule has 1 saturated heterocycles. The second-order valence-corrected chi connectivity index (χ2v) is 15.3. The van der Waals surface area contributed by atoms with Crippen LogP contribution in [0.4, 0.5) is 4.79 Å². The Bertz CT molecular complexity index is 1120. The topological polar surface area (TPSA) is 177 Å². The molecule has 1 heterocycles. The Morgan fingerprint density at radius 3 is 2.07 bits per heavy atom. The quantitative estimate of drug-likeness (QED) is 0.170. The van der Waals surface area contributed by atoms with Crippen LogP contribution in [-0.2, 0) is 28.7 Å². The molecule has 0 bridgehead atoms. The number of nitrogens with one attached hydrogen (secondary N) is 3. The molecule has 3 rings (SSSR count). The van der Waals surface area contributed by atoms with E-state index in [1.54, 1.807) is 13.8 Å². The van der Waals surface area contributed by atoms with Crippen LogP contribution in [0.25, 0.3) is 0 Å². The Hall–Kier alpha value is -3.18. The molecule has 0 aromatic rings. The van der Waals surface area contributed by atoms with E-state index < -0.39 is 65.1 Å². The Morgan fingerprint density at radius 1 is 0.977 bits per heavy atom. The highest BCUT2D eigenvalue weighted by Crippen LogP contribution is 2.45. The summed E-state index contributed by atoms with van der Waals surface area (Å²) in [7, 11) is 0. The fourth-order valence-electron chi connectivity index (χ4n) is 5.52. The summed E-state index contributed by atoms with van der Waals surface area (Å²) >= 11 is 0. The Morgan fingerprint density at radius 2 is 1.59 bits per heavy atom. The van der Waals surface area contributed by atoms with Gasteiger partial charge in [-0.05, 0) is 54.8 Å². The standard InChI is InChI=1S/C32H53N5O7/c1-17(2)20-14-22(27(40)34-21(13-19-9-10-19)24(38)26(33)39)37(15-20)28(41)25(31(5,6)7)36-30(43)35-23(18(3)4)29(42)44-16-32(8)11-12-32/h17-23,25H,9-16H2,1-8H3,(H2,33,39)(H,34,40)(H2,35,36,43)/t20-,21?,22+,23+,25-/m1/s1. The highest BCUT2D eigenvalue weighted by atomic mass is 16.5. The molecule has 3 aliphatic rings. The predicted molar refractivity (Wildman–Crippen MR) is 164 cm³/mol. The number of rotatable bonds is 14. The van der Waals surface area contributed by atoms with Gasteiger partial charge < -0.3 is 31.3 Å². The van der Waals surface area contributed by atoms with Gasteiger partial charge in [-0.25, -0.2) is 9.59 Å². The van der Waals surface area contributed by atoms with Crippen molar-refractivity contribution in [1.82, 2.24) is 20.9 Å². The molecular weight excluding hydrogens is 566 g/mol. The number of carbonyl (C=O) groups excluding carboxylic acids is 6. The number of esters is 1. The first-order valence-electron chi connectivity index (χ1n) is 16.0. The van der Waals surface area contributed by atoms with Crippen molar-refractivity contribution in [1.29, 1.82) is 0 Å². The molecule has 5 amide bonds. The van der Waals surface area contributed by atoms with Crippen LogP contribution in [0.1, 0.15) is 93.9 Å². The second kappa shape index (κ2) is 13.9. The summed E-state index contributed by atoms with van der Waals surface area (Å²) in [6, 6.07) is -4.57. The summed E-state index contributed by atoms with van der Waals surface area (Å²) in [6.07, 6.45) is 4.51. The van der Waals surface area contributed by atoms with Crippen LogP contribution in [0.15, 0.2) is 0 Å². The lowest BCUT2D eigenvalue weighted by Crippen LogP contribution is -2.61. The third-order valence-electron chi connectivity index (χ3n) is 9.27. The van der Waals surface area contributed by atoms with E-state index in [-0.39, 0.29) is 29.1 Å². The Balaban J connectivity index is 1.76. The van der Waals surface area contributed by atoms with Crippen molar-refractivity contribution in [2.45, 2.75) is 118 Å². The third-order valence-corrected chi connectivity index (χ3v) is 9.27. The SMILES string of the molecule is CC(C)[C@@H]1C[C@@H](C(=O)NC(CC2CC2)C(=O)C(N)=O)N(C(=O)[C@@H](NC(=O)N[C@H](C(=O)OCC2(C)CC2)C(C)C)C(C)(C)C)C1. The van der Waals surface area contributed by atoms with Gasteiger partial charge in [-0.3, -0.25) is 19.2 Å². The van der Waals surface area contributed by atoms with Crippen LogP contribution in [0.3, 0.4) is 0 Å². The van der Waals surface area contributed by atoms with Crippen LogP contribution < -0.4 is 21.7 Å². The molecule has 0 aromatic heterocycles. The maximum absolute atomic E-state index is 14.2. The van der Waals surface area contributed by atoms with Gasteiger partial charge in [-0.1, -0.05) is 68.2 Å². The van der Waals surface area contributed by atoms with Gasteiger partial charge in [0.1, 0.15) is 18.1 Å². The molecule has 0 spiro atoms. The van der Waals surface area contributed by atoms with Crippen molar-refractivity contribution in [3.05, 3.63) is 0 Å². The molecule has 3 fully saturated rings. The number of likely N-dealkylation sites (tertiary alicyclic amines) is 1. The number of hydrogen-bond donors (Lipinski definition) is 4. The molecule has 248 valence electrons. The van der Waals surface area contributed by atoms with Gasteiger partial charge in [0.05, 0.1) is 12.6 Å². The number of primary amides is 1. The molecule has 1 unspecified atom stereocenters. The lowest BCUT2D eigenvalue weighted by atomic mass is 9.85. The zero-order chi connectivity index (χ0) is 33.1. The van der Waals surface area contributed by atoms with Crippen LogP contribution in [0, 0.1) is 34.5 Å². The molecule has 0 aromatic carbocycles. The minimum Gasteiger partial charge on any atom is -0.464 e. The van der Waals surface area contributed by atoms with E-state index in [1.807, 2.05) is 41.5 Å². The lowest BCUT2D eigenvalue weighted by molar-refractivity contribution is -0.148. The number of urea groups is 1. The highest BCUT2D eigenvalue weighted by Gasteiger charge is 2.47. The minimum absolute atomic E-state index is 0.000650. The second-order valence-electron chi connectivity index (χ2n) is 15.3. The smallest absolute Gasteiger partial charge is 0.328 e. The van der Waals surface area contributed by atoms with E-state index >= 15 is 0 Å². The van der Waals surface area contributed by atoms with Crippen molar-refractivity contribution in [2.75, 3.05) is 13.2 Å². The summed E-state index contributed by atoms with van der Waals surface area (Å²) in [4.78, 5) is 79.6. The summed E-state index contributed by atoms with van der Waals surface area (Å²) in [5, 5.41) is 8.19. The molecule has 2 saturated carbocycles. The van der Waals surface area contributed by atoms with Gasteiger partial charge in [-0.15, -0.1) is 0 Å². The summed E-state index contributed by atoms with van der Waals surface area (Å²) in [5.41, 5.74) is 4.51. The van der Waals surface area contributed by atoms with Crippen LogP contribution in [0.5, 0.6) is 0 Å². The zero-order valence-corrected chi connectivity index (χ0v) is 27.7. The number of nitrogens with zero attached hydrogens (tertiary/aromatic N) is 1. The van der Waals surface area contributed by atoms with E-state index in [1.165, 1.54) is 4.90 Å². The molecule has 5 atom stereocenters. The first-order valence-corrected chi connectivity index (χ1v) is 16.0. The van der Waals surface area contributed by atoms with Crippen LogP contribution >= 0.6 is 0 Å². The highest BCUT2D eigenvalue weighted by molar-refractivity contribution is 6.37. The van der Waals surface area contributed by atoms with Gasteiger partial charge in [0.25, 0.3) is 5.91 Å². The molecule has 12 heteroatoms. The average molecular weight is 620 g/mol. The molecular formula is C32H53N5O7. The van der Waals surface area contributed by atoms with Gasteiger partial charge in [0.15, 0.2) is 0 Å². The van der Waals surface area contributed by atoms with Gasteiger partial charge >= 0.3 is 12.0 Å². The number of Topliss-reactive ketones (excluding diaryl/α,β-unsaturated/α-hetero) is 1. The Kier molecular flexibility index (Phi) is 11.1. The fraction of sp³-hybridized carbons (Fsp3) is 0.812. The first kappa shape index (κ1) is 35.3. The summed E-state index contributed by atoms with van der Waals surface area (Å²) in [6.45, 7) is 15.7. The normalized spacial score (nSPS) is 23.0. The zero-order valence-electron chi connectivity index (χ0n) is 27.7. The molecule has 44 heavy (non-hydrogen) atoms. The molecule has 1 aliphatic heterocycles. The van der Waals surface area contributed by atoms with E-state index in [2.05, 4.69) is 16.0 Å². The number of hydrogen-bond acceptors (Lipinski definition) is 7. The van der Waals surface area contributed by atoms with Crippen LogP contribution in [0.2, 0.25) is 0 Å². The van der Waals surface area contributed by atoms with E-state index in [0.29, 0.717) is 26.0 Å². The number of ether oxygens (including phenoxy) is 1. The van der Waals surface area contributed by atoms with Crippen LogP contribution in [-0.4, -0.2) is 77.7 Å². The number of ketones is 1. The predicted octanol–water partition coefficient (Wildman–Crippen LogP) is 2.28. The number of amides is 5. The van der Waals surface area contributed by atoms with E-state index in [4.69, 9.17) is 10.5 Å². The Labute approximate surface area is 261 Å².